The van der Waals surface area contributed by atoms with E-state index in [9.17, 15) is 0 Å². The first kappa shape index (κ1) is 8.89. The van der Waals surface area contributed by atoms with Crippen molar-refractivity contribution in [1.29, 1.82) is 0 Å². The molecule has 0 fully saturated rings. The summed E-state index contributed by atoms with van der Waals surface area (Å²) in [6.45, 7) is 4.67. The van der Waals surface area contributed by atoms with Crippen LogP contribution in [-0.2, 0) is 6.54 Å². The van der Waals surface area contributed by atoms with Crippen LogP contribution in [0.2, 0.25) is 0 Å². The molecular weight excluding hydrogens is 150 g/mol. The molecule has 1 aromatic heterocycles. The topological polar surface area (TPSA) is 25.2 Å². The Morgan fingerprint density at radius 2 is 2.42 bits per heavy atom. The fourth-order valence-corrected chi connectivity index (χ4v) is 0.767. The summed E-state index contributed by atoms with van der Waals surface area (Å²) in [7, 11) is 0. The van der Waals surface area contributed by atoms with Gasteiger partial charge in [0, 0.05) is 12.1 Å². The summed E-state index contributed by atoms with van der Waals surface area (Å²) in [5.74, 6) is 2.66. The van der Waals surface area contributed by atoms with Gasteiger partial charge in [0.15, 0.2) is 0 Å². The van der Waals surface area contributed by atoms with Crippen molar-refractivity contribution in [3.05, 3.63) is 24.2 Å². The van der Waals surface area contributed by atoms with E-state index < -0.39 is 0 Å². The van der Waals surface area contributed by atoms with Crippen LogP contribution in [-0.4, -0.2) is 5.54 Å². The fraction of sp³-hybridized carbons (Fsp3) is 0.400. The summed E-state index contributed by atoms with van der Waals surface area (Å²) >= 11 is 0. The SMILES string of the molecule is C#CC(C)(C)NCc1ccoc1. The first-order chi connectivity index (χ1) is 5.64. The zero-order valence-corrected chi connectivity index (χ0v) is 7.42. The van der Waals surface area contributed by atoms with Crippen LogP contribution < -0.4 is 5.32 Å². The third kappa shape index (κ3) is 2.44. The summed E-state index contributed by atoms with van der Waals surface area (Å²) in [5.41, 5.74) is 0.857. The van der Waals surface area contributed by atoms with Crippen LogP contribution in [0.5, 0.6) is 0 Å². The summed E-state index contributed by atoms with van der Waals surface area (Å²) in [5, 5.41) is 3.21. The Labute approximate surface area is 73.0 Å². The molecule has 0 amide bonds. The molecule has 1 rings (SSSR count). The van der Waals surface area contributed by atoms with Crippen molar-refractivity contribution in [2.45, 2.75) is 25.9 Å². The lowest BCUT2D eigenvalue weighted by atomic mass is 10.1. The van der Waals surface area contributed by atoms with Crippen LogP contribution in [0.3, 0.4) is 0 Å². The van der Waals surface area contributed by atoms with Crippen LogP contribution in [0.25, 0.3) is 0 Å². The molecule has 1 heterocycles. The third-order valence-electron chi connectivity index (χ3n) is 1.68. The van der Waals surface area contributed by atoms with Gasteiger partial charge in [-0.1, -0.05) is 5.92 Å². The molecule has 0 saturated heterocycles. The molecule has 1 aromatic rings. The standard InChI is InChI=1S/C10H13NO/c1-4-10(2,3)11-7-9-5-6-12-8-9/h1,5-6,8,11H,7H2,2-3H3. The molecule has 0 aliphatic heterocycles. The second-order valence-electron chi connectivity index (χ2n) is 3.25. The third-order valence-corrected chi connectivity index (χ3v) is 1.68. The molecule has 64 valence electrons. The summed E-state index contributed by atoms with van der Waals surface area (Å²) in [6, 6.07) is 1.92. The molecule has 0 aliphatic carbocycles. The zero-order valence-electron chi connectivity index (χ0n) is 7.42. The molecule has 12 heavy (non-hydrogen) atoms. The lowest BCUT2D eigenvalue weighted by Gasteiger charge is -2.18. The maximum absolute atomic E-state index is 5.31. The van der Waals surface area contributed by atoms with Crippen LogP contribution in [0.4, 0.5) is 0 Å². The van der Waals surface area contributed by atoms with Crippen molar-refractivity contribution >= 4 is 0 Å². The number of nitrogens with one attached hydrogen (secondary N) is 1. The molecular formula is C10H13NO. The molecule has 0 aliphatic rings. The second kappa shape index (κ2) is 3.46. The Balaban J connectivity index is 2.42. The minimum atomic E-state index is -0.253. The van der Waals surface area contributed by atoms with Crippen molar-refractivity contribution in [2.75, 3.05) is 0 Å². The van der Waals surface area contributed by atoms with E-state index in [4.69, 9.17) is 10.8 Å². The van der Waals surface area contributed by atoms with E-state index in [0.29, 0.717) is 0 Å². The van der Waals surface area contributed by atoms with Crippen LogP contribution in [0.1, 0.15) is 19.4 Å². The van der Waals surface area contributed by atoms with Crippen molar-refractivity contribution in [3.8, 4) is 12.3 Å². The monoisotopic (exact) mass is 163 g/mol. The van der Waals surface area contributed by atoms with Gasteiger partial charge in [-0.15, -0.1) is 6.42 Å². The van der Waals surface area contributed by atoms with E-state index in [2.05, 4.69) is 11.2 Å². The van der Waals surface area contributed by atoms with E-state index in [1.807, 2.05) is 19.9 Å². The Kier molecular flexibility index (Phi) is 2.57. The average Bonchev–Trinajstić information content (AvgIpc) is 2.53. The Bertz CT molecular complexity index is 267. The second-order valence-corrected chi connectivity index (χ2v) is 3.25. The smallest absolute Gasteiger partial charge is 0.0947 e. The van der Waals surface area contributed by atoms with Gasteiger partial charge < -0.3 is 4.42 Å². The first-order valence-corrected chi connectivity index (χ1v) is 3.88. The molecule has 1 N–H and O–H groups in total. The highest BCUT2D eigenvalue weighted by Gasteiger charge is 2.11. The number of hydrogen-bond donors (Lipinski definition) is 1. The average molecular weight is 163 g/mol. The number of terminal acetylenes is 1. The Morgan fingerprint density at radius 1 is 1.67 bits per heavy atom. The lowest BCUT2D eigenvalue weighted by Crippen LogP contribution is -2.36. The van der Waals surface area contributed by atoms with Gasteiger partial charge in [-0.25, -0.2) is 0 Å². The summed E-state index contributed by atoms with van der Waals surface area (Å²) < 4.78 is 4.92. The normalized spacial score (nSPS) is 11.1. The maximum atomic E-state index is 5.31. The highest BCUT2D eigenvalue weighted by Crippen LogP contribution is 2.04. The van der Waals surface area contributed by atoms with Gasteiger partial charge in [0.25, 0.3) is 0 Å². The largest absolute Gasteiger partial charge is 0.472 e. The van der Waals surface area contributed by atoms with E-state index in [0.717, 1.165) is 12.1 Å². The van der Waals surface area contributed by atoms with Crippen molar-refractivity contribution in [1.82, 2.24) is 5.32 Å². The maximum Gasteiger partial charge on any atom is 0.0947 e. The summed E-state index contributed by atoms with van der Waals surface area (Å²) in [4.78, 5) is 0. The van der Waals surface area contributed by atoms with Gasteiger partial charge >= 0.3 is 0 Å². The van der Waals surface area contributed by atoms with E-state index >= 15 is 0 Å². The molecule has 0 aromatic carbocycles. The highest BCUT2D eigenvalue weighted by molar-refractivity contribution is 5.11. The van der Waals surface area contributed by atoms with Crippen LogP contribution in [0.15, 0.2) is 23.0 Å². The predicted octanol–water partition coefficient (Wildman–Crippen LogP) is 1.78. The summed E-state index contributed by atoms with van der Waals surface area (Å²) in [6.07, 6.45) is 8.67. The van der Waals surface area contributed by atoms with Gasteiger partial charge in [-0.2, -0.15) is 0 Å². The van der Waals surface area contributed by atoms with E-state index in [1.54, 1.807) is 12.5 Å². The first-order valence-electron chi connectivity index (χ1n) is 3.88. The molecule has 0 bridgehead atoms. The quantitative estimate of drug-likeness (QED) is 0.687. The minimum Gasteiger partial charge on any atom is -0.472 e. The number of hydrogen-bond acceptors (Lipinski definition) is 2. The number of furan rings is 1. The van der Waals surface area contributed by atoms with E-state index in [1.165, 1.54) is 0 Å². The minimum absolute atomic E-state index is 0.253. The molecule has 0 spiro atoms. The van der Waals surface area contributed by atoms with Gasteiger partial charge in [0.1, 0.15) is 0 Å². The van der Waals surface area contributed by atoms with Crippen LogP contribution in [0, 0.1) is 12.3 Å². The predicted molar refractivity (Wildman–Crippen MR) is 48.5 cm³/mol. The Morgan fingerprint density at radius 3 is 2.92 bits per heavy atom. The van der Waals surface area contributed by atoms with Crippen LogP contribution >= 0.6 is 0 Å². The fourth-order valence-electron chi connectivity index (χ4n) is 0.767. The lowest BCUT2D eigenvalue weighted by molar-refractivity contribution is 0.486. The Hall–Kier alpha value is -1.20. The molecule has 0 unspecified atom stereocenters. The molecule has 0 radical (unpaired) electrons. The highest BCUT2D eigenvalue weighted by atomic mass is 16.3. The van der Waals surface area contributed by atoms with E-state index in [-0.39, 0.29) is 5.54 Å². The number of rotatable bonds is 3. The molecule has 2 nitrogen and oxygen atoms in total. The van der Waals surface area contributed by atoms with Gasteiger partial charge in [-0.05, 0) is 19.9 Å². The molecule has 0 atom stereocenters. The van der Waals surface area contributed by atoms with Gasteiger partial charge in [0.2, 0.25) is 0 Å². The van der Waals surface area contributed by atoms with Crippen molar-refractivity contribution < 1.29 is 4.42 Å². The molecule has 2 heteroatoms. The van der Waals surface area contributed by atoms with Gasteiger partial charge in [-0.3, -0.25) is 5.32 Å². The van der Waals surface area contributed by atoms with Crippen molar-refractivity contribution in [3.63, 3.8) is 0 Å². The molecule has 0 saturated carbocycles. The van der Waals surface area contributed by atoms with Crippen molar-refractivity contribution in [2.24, 2.45) is 0 Å². The van der Waals surface area contributed by atoms with Gasteiger partial charge in [0.05, 0.1) is 18.1 Å². The zero-order chi connectivity index (χ0) is 9.03.